The highest BCUT2D eigenvalue weighted by molar-refractivity contribution is 7.14. The van der Waals surface area contributed by atoms with E-state index in [-0.39, 0.29) is 0 Å². The topological polar surface area (TPSA) is 45.5 Å². The monoisotopic (exact) mass is 270 g/mol. The van der Waals surface area contributed by atoms with Gasteiger partial charge < -0.3 is 5.21 Å². The number of allylic oxidation sites excluding steroid dienone is 1. The van der Waals surface area contributed by atoms with Gasteiger partial charge in [-0.3, -0.25) is 4.98 Å². The molecule has 3 rings (SSSR count). The lowest BCUT2D eigenvalue weighted by Gasteiger charge is -2.13. The van der Waals surface area contributed by atoms with Crippen LogP contribution in [0, 0.1) is 0 Å². The molecule has 2 aromatic heterocycles. The third-order valence-electron chi connectivity index (χ3n) is 3.23. The maximum absolute atomic E-state index is 8.58. The van der Waals surface area contributed by atoms with E-state index in [1.807, 2.05) is 12.3 Å². The Kier molecular flexibility index (Phi) is 3.42. The Morgan fingerprint density at radius 2 is 2.37 bits per heavy atom. The fourth-order valence-corrected chi connectivity index (χ4v) is 3.38. The lowest BCUT2D eigenvalue weighted by Crippen LogP contribution is -1.99. The molecule has 0 atom stereocenters. The van der Waals surface area contributed by atoms with Crippen LogP contribution in [0.25, 0.3) is 6.08 Å². The van der Waals surface area contributed by atoms with Crippen LogP contribution in [0.5, 0.6) is 0 Å². The third-order valence-corrected chi connectivity index (χ3v) is 4.38. The predicted octanol–water partition coefficient (Wildman–Crippen LogP) is 3.52. The van der Waals surface area contributed by atoms with Gasteiger partial charge in [-0.05, 0) is 42.5 Å². The largest absolute Gasteiger partial charge is 0.411 e. The molecule has 0 unspecified atom stereocenters. The van der Waals surface area contributed by atoms with E-state index in [0.29, 0.717) is 0 Å². The summed E-state index contributed by atoms with van der Waals surface area (Å²) in [5.41, 5.74) is 3.96. The van der Waals surface area contributed by atoms with Crippen molar-refractivity contribution < 1.29 is 5.21 Å². The molecule has 1 N–H and O–H groups in total. The molecule has 3 nitrogen and oxygen atoms in total. The molecule has 0 amide bonds. The molecule has 4 heteroatoms. The molecule has 0 saturated heterocycles. The third kappa shape index (κ3) is 2.74. The number of aromatic nitrogens is 1. The molecule has 1 aliphatic rings. The highest BCUT2D eigenvalue weighted by Crippen LogP contribution is 2.31. The van der Waals surface area contributed by atoms with E-state index in [9.17, 15) is 0 Å². The van der Waals surface area contributed by atoms with Crippen molar-refractivity contribution in [2.45, 2.75) is 19.3 Å². The quantitative estimate of drug-likeness (QED) is 0.527. The number of thiophene rings is 1. The summed E-state index contributed by atoms with van der Waals surface area (Å²) in [4.78, 5) is 6.54. The Balaban J connectivity index is 1.83. The standard InChI is InChI=1S/C15H14N2OS/c18-17-10-14-8-13-7-11(3-4-15(13)19-14)6-12-2-1-5-16-9-12/h1-2,5,7-10,18H,3-4,6H2. The van der Waals surface area contributed by atoms with E-state index < -0.39 is 0 Å². The maximum atomic E-state index is 8.58. The number of nitrogens with zero attached hydrogens (tertiary/aromatic N) is 2. The second-order valence-electron chi connectivity index (χ2n) is 4.61. The van der Waals surface area contributed by atoms with Crippen LogP contribution in [-0.2, 0) is 12.8 Å². The minimum absolute atomic E-state index is 0.965. The Morgan fingerprint density at radius 3 is 3.16 bits per heavy atom. The summed E-state index contributed by atoms with van der Waals surface area (Å²) in [6.07, 6.45) is 10.6. The molecule has 19 heavy (non-hydrogen) atoms. The highest BCUT2D eigenvalue weighted by Gasteiger charge is 2.14. The number of pyridine rings is 1. The van der Waals surface area contributed by atoms with Crippen molar-refractivity contribution in [1.29, 1.82) is 0 Å². The van der Waals surface area contributed by atoms with E-state index in [1.165, 1.54) is 27.8 Å². The van der Waals surface area contributed by atoms with E-state index >= 15 is 0 Å². The molecule has 0 saturated carbocycles. The Hall–Kier alpha value is -1.94. The van der Waals surface area contributed by atoms with Crippen molar-refractivity contribution in [1.82, 2.24) is 4.98 Å². The molecule has 2 aromatic rings. The van der Waals surface area contributed by atoms with Gasteiger partial charge in [0.1, 0.15) is 0 Å². The predicted molar refractivity (Wildman–Crippen MR) is 77.9 cm³/mol. The van der Waals surface area contributed by atoms with Crippen LogP contribution < -0.4 is 0 Å². The van der Waals surface area contributed by atoms with Crippen LogP contribution in [0.2, 0.25) is 0 Å². The van der Waals surface area contributed by atoms with Crippen molar-refractivity contribution in [3.8, 4) is 0 Å². The Labute approximate surface area is 115 Å². The Bertz CT molecular complexity index is 629. The van der Waals surface area contributed by atoms with Gasteiger partial charge in [0, 0.05) is 22.1 Å². The van der Waals surface area contributed by atoms with Gasteiger partial charge in [-0.1, -0.05) is 22.9 Å². The molecule has 96 valence electrons. The van der Waals surface area contributed by atoms with Gasteiger partial charge in [-0.25, -0.2) is 0 Å². The summed E-state index contributed by atoms with van der Waals surface area (Å²) in [5, 5.41) is 11.7. The van der Waals surface area contributed by atoms with Crippen molar-refractivity contribution >= 4 is 23.6 Å². The number of hydrogen-bond donors (Lipinski definition) is 1. The molecule has 0 radical (unpaired) electrons. The van der Waals surface area contributed by atoms with Gasteiger partial charge in [0.25, 0.3) is 0 Å². The first-order chi connectivity index (χ1) is 9.35. The minimum Gasteiger partial charge on any atom is -0.411 e. The van der Waals surface area contributed by atoms with Crippen molar-refractivity contribution in [2.75, 3.05) is 0 Å². The number of oxime groups is 1. The fraction of sp³-hybridized carbons (Fsp3) is 0.200. The van der Waals surface area contributed by atoms with Crippen LogP contribution >= 0.6 is 11.3 Å². The van der Waals surface area contributed by atoms with Gasteiger partial charge in [0.05, 0.1) is 6.21 Å². The first-order valence-corrected chi connectivity index (χ1v) is 7.05. The van der Waals surface area contributed by atoms with Gasteiger partial charge in [-0.15, -0.1) is 11.3 Å². The zero-order valence-electron chi connectivity index (χ0n) is 10.4. The molecule has 0 aliphatic heterocycles. The molecule has 0 fully saturated rings. The maximum Gasteiger partial charge on any atom is 0.0833 e. The van der Waals surface area contributed by atoms with E-state index in [2.05, 4.69) is 28.3 Å². The van der Waals surface area contributed by atoms with Crippen LogP contribution in [0.15, 0.2) is 41.3 Å². The van der Waals surface area contributed by atoms with Crippen LogP contribution in [-0.4, -0.2) is 16.4 Å². The molecule has 2 heterocycles. The van der Waals surface area contributed by atoms with Crippen molar-refractivity contribution in [3.05, 3.63) is 57.0 Å². The normalized spacial score (nSPS) is 14.4. The minimum atomic E-state index is 0.965. The Morgan fingerprint density at radius 1 is 1.42 bits per heavy atom. The molecule has 1 aliphatic carbocycles. The number of fused-ring (bicyclic) bond motifs is 1. The van der Waals surface area contributed by atoms with Crippen molar-refractivity contribution in [3.63, 3.8) is 0 Å². The lowest BCUT2D eigenvalue weighted by atomic mass is 9.94. The van der Waals surface area contributed by atoms with Gasteiger partial charge >= 0.3 is 0 Å². The molecular formula is C15H14N2OS. The average molecular weight is 270 g/mol. The molecule has 0 bridgehead atoms. The second-order valence-corrected chi connectivity index (χ2v) is 5.78. The second kappa shape index (κ2) is 5.36. The van der Waals surface area contributed by atoms with Crippen LogP contribution in [0.4, 0.5) is 0 Å². The number of aryl methyl sites for hydroxylation is 1. The van der Waals surface area contributed by atoms with Gasteiger partial charge in [0.15, 0.2) is 0 Å². The first kappa shape index (κ1) is 12.1. The summed E-state index contributed by atoms with van der Waals surface area (Å²) in [6, 6.07) is 6.17. The SMILES string of the molecule is ON=Cc1cc2c(s1)CCC(Cc1cccnc1)=C2. The van der Waals surface area contributed by atoms with Crippen LogP contribution in [0.1, 0.15) is 27.3 Å². The smallest absolute Gasteiger partial charge is 0.0833 e. The lowest BCUT2D eigenvalue weighted by molar-refractivity contribution is 0.322. The highest BCUT2D eigenvalue weighted by atomic mass is 32.1. The zero-order chi connectivity index (χ0) is 13.1. The van der Waals surface area contributed by atoms with Gasteiger partial charge in [0.2, 0.25) is 0 Å². The van der Waals surface area contributed by atoms with E-state index in [1.54, 1.807) is 17.5 Å². The van der Waals surface area contributed by atoms with Gasteiger partial charge in [-0.2, -0.15) is 0 Å². The van der Waals surface area contributed by atoms with Crippen molar-refractivity contribution in [2.24, 2.45) is 5.16 Å². The molecule has 0 aromatic carbocycles. The first-order valence-electron chi connectivity index (χ1n) is 6.23. The summed E-state index contributed by atoms with van der Waals surface area (Å²) < 4.78 is 0. The number of rotatable bonds is 3. The molecular weight excluding hydrogens is 256 g/mol. The summed E-state index contributed by atoms with van der Waals surface area (Å²) in [7, 11) is 0. The summed E-state index contributed by atoms with van der Waals surface area (Å²) >= 11 is 1.70. The van der Waals surface area contributed by atoms with Crippen LogP contribution in [0.3, 0.4) is 0 Å². The van der Waals surface area contributed by atoms with E-state index in [0.717, 1.165) is 24.1 Å². The summed E-state index contributed by atoms with van der Waals surface area (Å²) in [5.74, 6) is 0. The average Bonchev–Trinajstić information content (AvgIpc) is 2.82. The molecule has 0 spiro atoms. The van der Waals surface area contributed by atoms with E-state index in [4.69, 9.17) is 5.21 Å². The fourth-order valence-electron chi connectivity index (χ4n) is 2.37. The number of hydrogen-bond acceptors (Lipinski definition) is 4. The summed E-state index contributed by atoms with van der Waals surface area (Å²) in [6.45, 7) is 0. The zero-order valence-corrected chi connectivity index (χ0v) is 11.2.